The van der Waals surface area contributed by atoms with Gasteiger partial charge in [0.1, 0.15) is 0 Å². The van der Waals surface area contributed by atoms with E-state index in [2.05, 4.69) is 5.32 Å². The van der Waals surface area contributed by atoms with Crippen LogP contribution in [0.4, 0.5) is 0 Å². The number of nitrogens with one attached hydrogen (secondary N) is 1. The summed E-state index contributed by atoms with van der Waals surface area (Å²) in [5.41, 5.74) is 0.889. The molecule has 1 amide bonds. The van der Waals surface area contributed by atoms with Crippen LogP contribution >= 0.6 is 11.6 Å². The summed E-state index contributed by atoms with van der Waals surface area (Å²) in [6.45, 7) is 6.03. The van der Waals surface area contributed by atoms with Crippen LogP contribution in [-0.4, -0.2) is 11.4 Å². The Kier molecular flexibility index (Phi) is 3.67. The predicted molar refractivity (Wildman–Crippen MR) is 74.8 cm³/mol. The number of benzene rings is 1. The van der Waals surface area contributed by atoms with Crippen molar-refractivity contribution in [3.63, 3.8) is 0 Å². The van der Waals surface area contributed by atoms with Crippen LogP contribution in [0.3, 0.4) is 0 Å². The van der Waals surface area contributed by atoms with Crippen molar-refractivity contribution in [2.45, 2.75) is 45.1 Å². The molecule has 0 bridgehead atoms. The molecule has 0 heterocycles. The minimum absolute atomic E-state index is 0.0264. The Morgan fingerprint density at radius 1 is 1.28 bits per heavy atom. The van der Waals surface area contributed by atoms with E-state index < -0.39 is 0 Å². The molecular weight excluding hydrogens is 246 g/mol. The molecule has 1 unspecified atom stereocenters. The monoisotopic (exact) mass is 265 g/mol. The van der Waals surface area contributed by atoms with Gasteiger partial charge in [0, 0.05) is 10.6 Å². The van der Waals surface area contributed by atoms with E-state index in [1.54, 1.807) is 0 Å². The van der Waals surface area contributed by atoms with Crippen LogP contribution in [-0.2, 0) is 4.79 Å². The number of carbonyl (C=O) groups is 1. The molecule has 1 fully saturated rings. The van der Waals surface area contributed by atoms with Crippen LogP contribution in [0.15, 0.2) is 24.3 Å². The first kappa shape index (κ1) is 13.4. The number of hydrogen-bond donors (Lipinski definition) is 1. The van der Waals surface area contributed by atoms with Crippen molar-refractivity contribution < 1.29 is 4.79 Å². The number of hydrogen-bond acceptors (Lipinski definition) is 1. The Morgan fingerprint density at radius 2 is 1.83 bits per heavy atom. The number of carbonyl (C=O) groups excluding carboxylic acids is 1. The Morgan fingerprint density at radius 3 is 2.28 bits per heavy atom. The van der Waals surface area contributed by atoms with E-state index in [1.165, 1.54) is 0 Å². The molecule has 2 nitrogen and oxygen atoms in total. The summed E-state index contributed by atoms with van der Waals surface area (Å²) in [5, 5.41) is 3.79. The lowest BCUT2D eigenvalue weighted by Crippen LogP contribution is -2.43. The maximum absolute atomic E-state index is 12.4. The lowest BCUT2D eigenvalue weighted by atomic mass is 9.92. The van der Waals surface area contributed by atoms with E-state index in [9.17, 15) is 4.79 Å². The quantitative estimate of drug-likeness (QED) is 0.886. The van der Waals surface area contributed by atoms with E-state index in [1.807, 2.05) is 45.0 Å². The van der Waals surface area contributed by atoms with Gasteiger partial charge in [-0.15, -0.1) is 0 Å². The molecule has 1 N–H and O–H groups in total. The second kappa shape index (κ2) is 4.93. The molecular formula is C15H20ClNO. The van der Waals surface area contributed by atoms with Gasteiger partial charge in [-0.25, -0.2) is 0 Å². The molecule has 1 aliphatic rings. The average molecular weight is 266 g/mol. The summed E-state index contributed by atoms with van der Waals surface area (Å²) in [6.07, 6.45) is 2.29. The lowest BCUT2D eigenvalue weighted by Gasteiger charge is -2.25. The van der Waals surface area contributed by atoms with E-state index in [0.717, 1.165) is 18.4 Å². The first-order chi connectivity index (χ1) is 8.37. The van der Waals surface area contributed by atoms with Crippen LogP contribution in [0.2, 0.25) is 5.02 Å². The largest absolute Gasteiger partial charge is 0.351 e. The Bertz CT molecular complexity index is 429. The van der Waals surface area contributed by atoms with Crippen molar-refractivity contribution in [3.05, 3.63) is 34.9 Å². The van der Waals surface area contributed by atoms with Crippen molar-refractivity contribution in [1.82, 2.24) is 5.32 Å². The second-order valence-corrected chi connectivity index (χ2v) is 6.54. The number of rotatable bonds is 3. The van der Waals surface area contributed by atoms with E-state index in [-0.39, 0.29) is 17.4 Å². The molecule has 0 saturated heterocycles. The highest BCUT2D eigenvalue weighted by molar-refractivity contribution is 6.30. The van der Waals surface area contributed by atoms with Gasteiger partial charge in [-0.2, -0.15) is 0 Å². The Balaban J connectivity index is 2.18. The summed E-state index contributed by atoms with van der Waals surface area (Å²) in [4.78, 5) is 12.4. The van der Waals surface area contributed by atoms with E-state index in [4.69, 9.17) is 11.6 Å². The lowest BCUT2D eigenvalue weighted by molar-refractivity contribution is -0.124. The fourth-order valence-corrected chi connectivity index (χ4v) is 2.31. The van der Waals surface area contributed by atoms with Gasteiger partial charge < -0.3 is 5.32 Å². The van der Waals surface area contributed by atoms with Gasteiger partial charge in [0.2, 0.25) is 5.91 Å². The molecule has 1 atom stereocenters. The van der Waals surface area contributed by atoms with Crippen molar-refractivity contribution >= 4 is 17.5 Å². The standard InChI is InChI=1S/C15H20ClNO/c1-15(2,3)17-14(18)13(10-4-5-10)11-6-8-12(16)9-7-11/h6-10,13H,4-5H2,1-3H3,(H,17,18). The van der Waals surface area contributed by atoms with Crippen LogP contribution in [0.25, 0.3) is 0 Å². The van der Waals surface area contributed by atoms with Crippen LogP contribution < -0.4 is 5.32 Å². The van der Waals surface area contributed by atoms with Crippen LogP contribution in [0.5, 0.6) is 0 Å². The molecule has 1 aromatic carbocycles. The minimum atomic E-state index is -0.184. The molecule has 3 heteroatoms. The summed E-state index contributed by atoms with van der Waals surface area (Å²) in [5.74, 6) is 0.599. The smallest absolute Gasteiger partial charge is 0.228 e. The fraction of sp³-hybridized carbons (Fsp3) is 0.533. The highest BCUT2D eigenvalue weighted by atomic mass is 35.5. The van der Waals surface area contributed by atoms with Crippen molar-refractivity contribution in [3.8, 4) is 0 Å². The third kappa shape index (κ3) is 3.49. The average Bonchev–Trinajstić information content (AvgIpc) is 3.03. The third-order valence-electron chi connectivity index (χ3n) is 3.10. The highest BCUT2D eigenvalue weighted by Gasteiger charge is 2.38. The topological polar surface area (TPSA) is 29.1 Å². The molecule has 1 aromatic rings. The molecule has 0 radical (unpaired) electrons. The first-order valence-electron chi connectivity index (χ1n) is 6.44. The molecule has 1 saturated carbocycles. The third-order valence-corrected chi connectivity index (χ3v) is 3.36. The summed E-state index contributed by atoms with van der Waals surface area (Å²) in [6, 6.07) is 7.65. The molecule has 0 aliphatic heterocycles. The molecule has 1 aliphatic carbocycles. The first-order valence-corrected chi connectivity index (χ1v) is 6.82. The van der Waals surface area contributed by atoms with Gasteiger partial charge in [0.25, 0.3) is 0 Å². The van der Waals surface area contributed by atoms with Crippen molar-refractivity contribution in [2.75, 3.05) is 0 Å². The SMILES string of the molecule is CC(C)(C)NC(=O)C(c1ccc(Cl)cc1)C1CC1. The number of halogens is 1. The van der Waals surface area contributed by atoms with Gasteiger partial charge in [-0.3, -0.25) is 4.79 Å². The molecule has 0 spiro atoms. The van der Waals surface area contributed by atoms with E-state index in [0.29, 0.717) is 10.9 Å². The zero-order chi connectivity index (χ0) is 13.3. The van der Waals surface area contributed by atoms with Gasteiger partial charge in [-0.1, -0.05) is 23.7 Å². The van der Waals surface area contributed by atoms with E-state index >= 15 is 0 Å². The Labute approximate surface area is 114 Å². The molecule has 0 aromatic heterocycles. The van der Waals surface area contributed by atoms with Gasteiger partial charge in [-0.05, 0) is 57.2 Å². The highest BCUT2D eigenvalue weighted by Crippen LogP contribution is 2.43. The fourth-order valence-electron chi connectivity index (χ4n) is 2.18. The zero-order valence-electron chi connectivity index (χ0n) is 11.2. The minimum Gasteiger partial charge on any atom is -0.351 e. The van der Waals surface area contributed by atoms with Gasteiger partial charge in [0.15, 0.2) is 0 Å². The second-order valence-electron chi connectivity index (χ2n) is 6.11. The van der Waals surface area contributed by atoms with Crippen molar-refractivity contribution in [2.24, 2.45) is 5.92 Å². The summed E-state index contributed by atoms with van der Waals surface area (Å²) in [7, 11) is 0. The zero-order valence-corrected chi connectivity index (χ0v) is 11.9. The Hall–Kier alpha value is -1.02. The number of amides is 1. The van der Waals surface area contributed by atoms with Gasteiger partial charge >= 0.3 is 0 Å². The maximum atomic E-state index is 12.4. The van der Waals surface area contributed by atoms with Crippen LogP contribution in [0.1, 0.15) is 45.1 Å². The summed E-state index contributed by atoms with van der Waals surface area (Å²) < 4.78 is 0. The van der Waals surface area contributed by atoms with Crippen LogP contribution in [0, 0.1) is 5.92 Å². The van der Waals surface area contributed by atoms with Crippen molar-refractivity contribution in [1.29, 1.82) is 0 Å². The predicted octanol–water partition coefficient (Wildman–Crippen LogP) is 3.75. The maximum Gasteiger partial charge on any atom is 0.228 e. The molecule has 2 rings (SSSR count). The molecule has 18 heavy (non-hydrogen) atoms. The van der Waals surface area contributed by atoms with Gasteiger partial charge in [0.05, 0.1) is 5.92 Å². The summed E-state index contributed by atoms with van der Waals surface area (Å²) >= 11 is 5.90. The molecule has 98 valence electrons. The normalized spacial score (nSPS) is 17.3.